The first-order valence-corrected chi connectivity index (χ1v) is 4.25. The second kappa shape index (κ2) is 7.32. The molecule has 0 bridgehead atoms. The molecule has 0 radical (unpaired) electrons. The zero-order valence-corrected chi connectivity index (χ0v) is 12.1. The fourth-order valence-electron chi connectivity index (χ4n) is 0.858. The van der Waals surface area contributed by atoms with E-state index in [0.717, 1.165) is 12.3 Å². The van der Waals surface area contributed by atoms with Gasteiger partial charge in [-0.1, -0.05) is 0 Å². The second-order valence-corrected chi connectivity index (χ2v) is 2.89. The van der Waals surface area contributed by atoms with Gasteiger partial charge in [-0.3, -0.25) is 0 Å². The van der Waals surface area contributed by atoms with Crippen LogP contribution < -0.4 is 61.2 Å². The molecule has 88 valence electrons. The number of alkyl halides is 3. The summed E-state index contributed by atoms with van der Waals surface area (Å²) in [7, 11) is 0. The molecule has 0 aromatic carbocycles. The molecule has 0 N–H and O–H groups in total. The third kappa shape index (κ3) is 6.99. The fraction of sp³-hybridized carbons (Fsp3) is 0.333. The summed E-state index contributed by atoms with van der Waals surface area (Å²) in [4.78, 5) is 13.8. The van der Waals surface area contributed by atoms with Gasteiger partial charge in [-0.25, -0.2) is 4.98 Å². The molecule has 1 aromatic rings. The predicted molar refractivity (Wildman–Crippen MR) is 44.7 cm³/mol. The van der Waals surface area contributed by atoms with Gasteiger partial charge in [-0.05, 0) is 6.07 Å². The monoisotopic (exact) mass is 273 g/mol. The van der Waals surface area contributed by atoms with E-state index < -0.39 is 25.2 Å². The number of hydrogen-bond donors (Lipinski definition) is 0. The summed E-state index contributed by atoms with van der Waals surface area (Å²) in [6.07, 6.45) is -4.42. The van der Waals surface area contributed by atoms with Crippen molar-refractivity contribution in [2.75, 3.05) is 6.61 Å². The minimum absolute atomic E-state index is 0. The van der Waals surface area contributed by atoms with Crippen molar-refractivity contribution >= 4 is 5.97 Å². The molecule has 0 spiro atoms. The maximum Gasteiger partial charge on any atom is 1.00 e. The first kappa shape index (κ1) is 16.8. The van der Waals surface area contributed by atoms with Crippen molar-refractivity contribution in [2.24, 2.45) is 0 Å². The molecular formula is C9H7F3KNO3. The van der Waals surface area contributed by atoms with E-state index in [4.69, 9.17) is 0 Å². The third-order valence-electron chi connectivity index (χ3n) is 1.61. The quantitative estimate of drug-likeness (QED) is 0.583. The molecule has 0 amide bonds. The summed E-state index contributed by atoms with van der Waals surface area (Å²) in [5.74, 6) is -1.47. The van der Waals surface area contributed by atoms with E-state index in [9.17, 15) is 23.1 Å². The Morgan fingerprint density at radius 1 is 1.41 bits per heavy atom. The van der Waals surface area contributed by atoms with Crippen molar-refractivity contribution in [3.8, 4) is 5.88 Å². The van der Waals surface area contributed by atoms with Gasteiger partial charge >= 0.3 is 57.6 Å². The van der Waals surface area contributed by atoms with Gasteiger partial charge in [0.25, 0.3) is 0 Å². The van der Waals surface area contributed by atoms with Crippen LogP contribution in [0.25, 0.3) is 0 Å². The third-order valence-corrected chi connectivity index (χ3v) is 1.61. The first-order valence-electron chi connectivity index (χ1n) is 4.25. The zero-order chi connectivity index (χ0) is 12.2. The van der Waals surface area contributed by atoms with Gasteiger partial charge in [0.05, 0.1) is 19.0 Å². The summed E-state index contributed by atoms with van der Waals surface area (Å²) < 4.78 is 39.9. The van der Waals surface area contributed by atoms with E-state index in [-0.39, 0.29) is 62.8 Å². The Labute approximate surface area is 138 Å². The Balaban J connectivity index is 0.00000256. The Bertz CT molecular complexity index is 367. The predicted octanol–water partition coefficient (Wildman–Crippen LogP) is -2.22. The zero-order valence-electron chi connectivity index (χ0n) is 8.95. The van der Waals surface area contributed by atoms with Crippen molar-refractivity contribution in [3.05, 3.63) is 23.9 Å². The van der Waals surface area contributed by atoms with Crippen molar-refractivity contribution in [1.29, 1.82) is 0 Å². The van der Waals surface area contributed by atoms with Crippen LogP contribution in [0.3, 0.4) is 0 Å². The number of rotatable bonds is 4. The molecule has 1 rings (SSSR count). The topological polar surface area (TPSA) is 62.2 Å². The molecule has 0 atom stereocenters. The number of carbonyl (C=O) groups is 1. The summed E-state index contributed by atoms with van der Waals surface area (Å²) in [6, 6.07) is 2.31. The summed E-state index contributed by atoms with van der Waals surface area (Å²) in [5.41, 5.74) is -0.164. The standard InChI is InChI=1S/C9H8F3NO3.K/c10-9(11,12)3-4-16-7-2-1-6(5-13-7)8(14)15;/h1-2,5H,3-4H2,(H,14,15);/q;+1/p-1. The molecule has 1 aromatic heterocycles. The minimum Gasteiger partial charge on any atom is -0.545 e. The van der Waals surface area contributed by atoms with Gasteiger partial charge < -0.3 is 14.6 Å². The van der Waals surface area contributed by atoms with Crippen molar-refractivity contribution in [2.45, 2.75) is 12.6 Å². The van der Waals surface area contributed by atoms with Crippen molar-refractivity contribution in [1.82, 2.24) is 4.98 Å². The number of ether oxygens (including phenoxy) is 1. The molecule has 0 unspecified atom stereocenters. The summed E-state index contributed by atoms with van der Waals surface area (Å²) in [6.45, 7) is -0.554. The van der Waals surface area contributed by atoms with E-state index >= 15 is 0 Å². The SMILES string of the molecule is O=C([O-])c1ccc(OCCC(F)(F)F)nc1.[K+]. The van der Waals surface area contributed by atoms with Crippen LogP contribution in [-0.4, -0.2) is 23.7 Å². The number of halogens is 3. The number of carboxylic acid groups (broad SMARTS) is 1. The normalized spacial score (nSPS) is 10.5. The van der Waals surface area contributed by atoms with E-state index in [1.54, 1.807) is 0 Å². The van der Waals surface area contributed by atoms with Gasteiger partial charge in [0, 0.05) is 17.8 Å². The number of aromatic nitrogens is 1. The smallest absolute Gasteiger partial charge is 0.545 e. The average Bonchev–Trinajstić information content (AvgIpc) is 2.16. The van der Waals surface area contributed by atoms with Crippen LogP contribution in [0.15, 0.2) is 18.3 Å². The molecule has 0 aliphatic carbocycles. The van der Waals surface area contributed by atoms with Crippen LogP contribution >= 0.6 is 0 Å². The van der Waals surface area contributed by atoms with E-state index in [1.807, 2.05) is 0 Å². The molecule has 0 saturated carbocycles. The molecule has 0 aliphatic rings. The Kier molecular flexibility index (Phi) is 7.25. The van der Waals surface area contributed by atoms with Gasteiger partial charge in [0.1, 0.15) is 0 Å². The number of aromatic carboxylic acids is 1. The van der Waals surface area contributed by atoms with E-state index in [1.165, 1.54) is 6.07 Å². The second-order valence-electron chi connectivity index (χ2n) is 2.89. The molecule has 0 fully saturated rings. The number of pyridine rings is 1. The molecule has 4 nitrogen and oxygen atoms in total. The maximum absolute atomic E-state index is 11.7. The number of carbonyl (C=O) groups excluding carboxylic acids is 1. The molecule has 0 aliphatic heterocycles. The van der Waals surface area contributed by atoms with Crippen molar-refractivity contribution < 1.29 is 79.2 Å². The summed E-state index contributed by atoms with van der Waals surface area (Å²) >= 11 is 0. The fourth-order valence-corrected chi connectivity index (χ4v) is 0.858. The van der Waals surface area contributed by atoms with Crippen LogP contribution in [-0.2, 0) is 0 Å². The van der Waals surface area contributed by atoms with Crippen LogP contribution in [0.5, 0.6) is 5.88 Å². The van der Waals surface area contributed by atoms with Gasteiger partial charge in [0.2, 0.25) is 5.88 Å². The van der Waals surface area contributed by atoms with Gasteiger partial charge in [-0.2, -0.15) is 13.2 Å². The largest absolute Gasteiger partial charge is 1.00 e. The minimum atomic E-state index is -4.29. The van der Waals surface area contributed by atoms with E-state index in [2.05, 4.69) is 9.72 Å². The van der Waals surface area contributed by atoms with Crippen LogP contribution in [0.2, 0.25) is 0 Å². The number of hydrogen-bond acceptors (Lipinski definition) is 4. The van der Waals surface area contributed by atoms with Crippen LogP contribution in [0.4, 0.5) is 13.2 Å². The molecule has 8 heteroatoms. The molecular weight excluding hydrogens is 266 g/mol. The summed E-state index contributed by atoms with van der Waals surface area (Å²) in [5, 5.41) is 10.3. The van der Waals surface area contributed by atoms with Gasteiger partial charge in [-0.15, -0.1) is 0 Å². The number of carboxylic acids is 1. The van der Waals surface area contributed by atoms with Crippen LogP contribution in [0, 0.1) is 0 Å². The number of nitrogens with zero attached hydrogens (tertiary/aromatic N) is 1. The maximum atomic E-state index is 11.7. The molecule has 0 saturated heterocycles. The Hall–Kier alpha value is -0.154. The molecule has 17 heavy (non-hydrogen) atoms. The Morgan fingerprint density at radius 2 is 2.06 bits per heavy atom. The van der Waals surface area contributed by atoms with Crippen LogP contribution in [0.1, 0.15) is 16.8 Å². The van der Waals surface area contributed by atoms with Crippen molar-refractivity contribution in [3.63, 3.8) is 0 Å². The molecule has 1 heterocycles. The van der Waals surface area contributed by atoms with E-state index in [0.29, 0.717) is 0 Å². The average molecular weight is 273 g/mol. The van der Waals surface area contributed by atoms with Gasteiger partial charge in [0.15, 0.2) is 0 Å². The first-order chi connectivity index (χ1) is 7.38. The Morgan fingerprint density at radius 3 is 2.47 bits per heavy atom.